The molecule has 0 aromatic heterocycles. The molecule has 16 heavy (non-hydrogen) atoms. The standard InChI is InChI=1S/C13H18BrNO/c1-15(11-4-2-3-5-11)9-10-6-7-13(16)12(14)8-10/h6-8,11,16H,2-5,9H2,1H3. The summed E-state index contributed by atoms with van der Waals surface area (Å²) in [6, 6.07) is 6.49. The summed E-state index contributed by atoms with van der Waals surface area (Å²) in [5, 5.41) is 9.43. The summed E-state index contributed by atoms with van der Waals surface area (Å²) in [4.78, 5) is 2.42. The Morgan fingerprint density at radius 3 is 2.69 bits per heavy atom. The third-order valence-corrected chi connectivity index (χ3v) is 4.03. The van der Waals surface area contributed by atoms with E-state index in [2.05, 4.69) is 27.9 Å². The zero-order valence-corrected chi connectivity index (χ0v) is 11.2. The Balaban J connectivity index is 1.99. The number of benzene rings is 1. The Labute approximate surface area is 105 Å². The minimum Gasteiger partial charge on any atom is -0.507 e. The third-order valence-electron chi connectivity index (χ3n) is 3.39. The van der Waals surface area contributed by atoms with Crippen molar-refractivity contribution in [2.45, 2.75) is 38.3 Å². The number of aromatic hydroxyl groups is 1. The summed E-state index contributed by atoms with van der Waals surface area (Å²) in [7, 11) is 2.19. The van der Waals surface area contributed by atoms with E-state index in [9.17, 15) is 5.11 Å². The lowest BCUT2D eigenvalue weighted by Crippen LogP contribution is -2.28. The molecule has 3 heteroatoms. The number of rotatable bonds is 3. The maximum Gasteiger partial charge on any atom is 0.129 e. The SMILES string of the molecule is CN(Cc1ccc(O)c(Br)c1)C1CCCC1. The molecule has 1 fully saturated rings. The fourth-order valence-corrected chi connectivity index (χ4v) is 2.84. The van der Waals surface area contributed by atoms with Gasteiger partial charge in [-0.05, 0) is 53.5 Å². The van der Waals surface area contributed by atoms with Crippen LogP contribution in [0.1, 0.15) is 31.2 Å². The molecule has 2 rings (SSSR count). The fraction of sp³-hybridized carbons (Fsp3) is 0.538. The van der Waals surface area contributed by atoms with Crippen LogP contribution >= 0.6 is 15.9 Å². The summed E-state index contributed by atoms with van der Waals surface area (Å²) >= 11 is 3.35. The Bertz CT molecular complexity index is 361. The summed E-state index contributed by atoms with van der Waals surface area (Å²) < 4.78 is 0.782. The Morgan fingerprint density at radius 2 is 2.06 bits per heavy atom. The molecule has 0 aliphatic heterocycles. The van der Waals surface area contributed by atoms with Crippen LogP contribution in [0.2, 0.25) is 0 Å². The first-order chi connectivity index (χ1) is 7.66. The van der Waals surface area contributed by atoms with Gasteiger partial charge >= 0.3 is 0 Å². The lowest BCUT2D eigenvalue weighted by atomic mass is 10.1. The lowest BCUT2D eigenvalue weighted by molar-refractivity contribution is 0.237. The van der Waals surface area contributed by atoms with Crippen LogP contribution < -0.4 is 0 Å². The normalized spacial score (nSPS) is 17.2. The van der Waals surface area contributed by atoms with Crippen molar-refractivity contribution in [1.82, 2.24) is 4.90 Å². The van der Waals surface area contributed by atoms with E-state index in [-0.39, 0.29) is 0 Å². The Morgan fingerprint density at radius 1 is 1.38 bits per heavy atom. The van der Waals surface area contributed by atoms with Crippen molar-refractivity contribution in [3.05, 3.63) is 28.2 Å². The van der Waals surface area contributed by atoms with Gasteiger partial charge in [-0.2, -0.15) is 0 Å². The minimum atomic E-state index is 0.312. The third kappa shape index (κ3) is 2.77. The number of phenols is 1. The second-order valence-corrected chi connectivity index (χ2v) is 5.49. The molecule has 1 aliphatic carbocycles. The number of nitrogens with zero attached hydrogens (tertiary/aromatic N) is 1. The second-order valence-electron chi connectivity index (χ2n) is 4.64. The van der Waals surface area contributed by atoms with Gasteiger partial charge in [0, 0.05) is 12.6 Å². The molecule has 1 saturated carbocycles. The maximum absolute atomic E-state index is 9.43. The van der Waals surface area contributed by atoms with Gasteiger partial charge in [-0.15, -0.1) is 0 Å². The molecule has 1 aromatic rings. The molecule has 0 atom stereocenters. The van der Waals surface area contributed by atoms with Crippen LogP contribution in [0.5, 0.6) is 5.75 Å². The largest absolute Gasteiger partial charge is 0.507 e. The zero-order chi connectivity index (χ0) is 11.5. The van der Waals surface area contributed by atoms with Crippen molar-refractivity contribution in [1.29, 1.82) is 0 Å². The Hall–Kier alpha value is -0.540. The van der Waals surface area contributed by atoms with Crippen LogP contribution in [0.25, 0.3) is 0 Å². The number of hydrogen-bond acceptors (Lipinski definition) is 2. The van der Waals surface area contributed by atoms with Gasteiger partial charge in [0.2, 0.25) is 0 Å². The Kier molecular flexibility index (Phi) is 3.87. The highest BCUT2D eigenvalue weighted by molar-refractivity contribution is 9.10. The topological polar surface area (TPSA) is 23.5 Å². The molecule has 0 radical (unpaired) electrons. The van der Waals surface area contributed by atoms with Crippen molar-refractivity contribution in [2.75, 3.05) is 7.05 Å². The zero-order valence-electron chi connectivity index (χ0n) is 9.62. The molecule has 0 spiro atoms. The molecule has 88 valence electrons. The van der Waals surface area contributed by atoms with Crippen molar-refractivity contribution in [3.63, 3.8) is 0 Å². The first kappa shape index (κ1) is 11.9. The lowest BCUT2D eigenvalue weighted by Gasteiger charge is -2.24. The highest BCUT2D eigenvalue weighted by Crippen LogP contribution is 2.27. The fourth-order valence-electron chi connectivity index (χ4n) is 2.41. The summed E-state index contributed by atoms with van der Waals surface area (Å²) in [6.45, 7) is 0.962. The molecule has 2 nitrogen and oxygen atoms in total. The van der Waals surface area contributed by atoms with Crippen LogP contribution in [0.15, 0.2) is 22.7 Å². The average Bonchev–Trinajstić information content (AvgIpc) is 2.77. The molecule has 0 saturated heterocycles. The van der Waals surface area contributed by atoms with E-state index in [0.717, 1.165) is 17.1 Å². The van der Waals surface area contributed by atoms with E-state index in [1.54, 1.807) is 6.07 Å². The number of hydrogen-bond donors (Lipinski definition) is 1. The molecule has 0 unspecified atom stereocenters. The van der Waals surface area contributed by atoms with E-state index in [4.69, 9.17) is 0 Å². The molecule has 0 amide bonds. The first-order valence-corrected chi connectivity index (χ1v) is 6.64. The minimum absolute atomic E-state index is 0.312. The molecule has 1 aromatic carbocycles. The van der Waals surface area contributed by atoms with E-state index in [1.807, 2.05) is 12.1 Å². The number of halogens is 1. The van der Waals surface area contributed by atoms with E-state index < -0.39 is 0 Å². The predicted octanol–water partition coefficient (Wildman–Crippen LogP) is 3.53. The van der Waals surface area contributed by atoms with E-state index in [1.165, 1.54) is 31.2 Å². The predicted molar refractivity (Wildman–Crippen MR) is 69.5 cm³/mol. The van der Waals surface area contributed by atoms with Gasteiger partial charge in [0.05, 0.1) is 4.47 Å². The van der Waals surface area contributed by atoms with Crippen LogP contribution in [-0.2, 0) is 6.54 Å². The van der Waals surface area contributed by atoms with Crippen molar-refractivity contribution < 1.29 is 5.11 Å². The summed E-state index contributed by atoms with van der Waals surface area (Å²) in [5.74, 6) is 0.312. The van der Waals surface area contributed by atoms with E-state index >= 15 is 0 Å². The molecular formula is C13H18BrNO. The summed E-state index contributed by atoms with van der Waals surface area (Å²) in [5.41, 5.74) is 1.25. The van der Waals surface area contributed by atoms with Gasteiger partial charge in [0.1, 0.15) is 5.75 Å². The summed E-state index contributed by atoms with van der Waals surface area (Å²) in [6.07, 6.45) is 5.40. The van der Waals surface area contributed by atoms with Crippen LogP contribution in [-0.4, -0.2) is 23.1 Å². The van der Waals surface area contributed by atoms with Gasteiger partial charge in [-0.25, -0.2) is 0 Å². The van der Waals surface area contributed by atoms with Crippen LogP contribution in [0.4, 0.5) is 0 Å². The van der Waals surface area contributed by atoms with Crippen molar-refractivity contribution in [2.24, 2.45) is 0 Å². The highest BCUT2D eigenvalue weighted by Gasteiger charge is 2.19. The number of phenolic OH excluding ortho intramolecular Hbond substituents is 1. The maximum atomic E-state index is 9.43. The van der Waals surface area contributed by atoms with Crippen molar-refractivity contribution >= 4 is 15.9 Å². The smallest absolute Gasteiger partial charge is 0.129 e. The van der Waals surface area contributed by atoms with Crippen LogP contribution in [0.3, 0.4) is 0 Å². The van der Waals surface area contributed by atoms with Gasteiger partial charge in [-0.1, -0.05) is 18.9 Å². The highest BCUT2D eigenvalue weighted by atomic mass is 79.9. The monoisotopic (exact) mass is 283 g/mol. The molecule has 0 bridgehead atoms. The quantitative estimate of drug-likeness (QED) is 0.917. The molecular weight excluding hydrogens is 266 g/mol. The van der Waals surface area contributed by atoms with Gasteiger partial charge in [0.25, 0.3) is 0 Å². The molecule has 1 aliphatic rings. The first-order valence-electron chi connectivity index (χ1n) is 5.84. The van der Waals surface area contributed by atoms with E-state index in [0.29, 0.717) is 5.75 Å². The molecule has 0 heterocycles. The second kappa shape index (κ2) is 5.19. The average molecular weight is 284 g/mol. The van der Waals surface area contributed by atoms with Gasteiger partial charge < -0.3 is 5.11 Å². The van der Waals surface area contributed by atoms with Crippen LogP contribution in [0, 0.1) is 0 Å². The van der Waals surface area contributed by atoms with Gasteiger partial charge in [-0.3, -0.25) is 4.90 Å². The van der Waals surface area contributed by atoms with Gasteiger partial charge in [0.15, 0.2) is 0 Å². The molecule has 1 N–H and O–H groups in total. The van der Waals surface area contributed by atoms with Crippen molar-refractivity contribution in [3.8, 4) is 5.75 Å².